The fourth-order valence-electron chi connectivity index (χ4n) is 2.87. The molecule has 1 saturated carbocycles. The van der Waals surface area contributed by atoms with Crippen LogP contribution in [0.1, 0.15) is 46.5 Å². The Kier molecular flexibility index (Phi) is 4.34. The SMILES string of the molecule is CC(C)(C)n1ccnc(N(CC(=O)O)C2CCCC2)c1=O. The molecule has 1 aromatic heterocycles. The number of carbonyl (C=O) groups is 1. The Morgan fingerprint density at radius 2 is 2.05 bits per heavy atom. The summed E-state index contributed by atoms with van der Waals surface area (Å²) in [7, 11) is 0. The van der Waals surface area contributed by atoms with Gasteiger partial charge in [0, 0.05) is 24.0 Å². The van der Waals surface area contributed by atoms with Crippen molar-refractivity contribution in [1.82, 2.24) is 9.55 Å². The summed E-state index contributed by atoms with van der Waals surface area (Å²) >= 11 is 0. The fraction of sp³-hybridized carbons (Fsp3) is 0.667. The van der Waals surface area contributed by atoms with Crippen molar-refractivity contribution in [3.05, 3.63) is 22.7 Å². The molecule has 1 aromatic rings. The van der Waals surface area contributed by atoms with E-state index in [1.54, 1.807) is 21.9 Å². The molecule has 116 valence electrons. The van der Waals surface area contributed by atoms with Crippen LogP contribution in [0.3, 0.4) is 0 Å². The largest absolute Gasteiger partial charge is 0.480 e. The summed E-state index contributed by atoms with van der Waals surface area (Å²) in [6.45, 7) is 5.64. The van der Waals surface area contributed by atoms with Gasteiger partial charge in [-0.1, -0.05) is 12.8 Å². The molecule has 0 amide bonds. The lowest BCUT2D eigenvalue weighted by Gasteiger charge is -2.30. The number of aliphatic carboxylic acids is 1. The van der Waals surface area contributed by atoms with E-state index in [0.29, 0.717) is 0 Å². The topological polar surface area (TPSA) is 75.4 Å². The molecule has 6 nitrogen and oxygen atoms in total. The summed E-state index contributed by atoms with van der Waals surface area (Å²) in [4.78, 5) is 29.7. The third kappa shape index (κ3) is 3.43. The predicted octanol–water partition coefficient (Wildman–Crippen LogP) is 1.83. The second-order valence-electron chi connectivity index (χ2n) is 6.56. The van der Waals surface area contributed by atoms with E-state index in [9.17, 15) is 9.59 Å². The van der Waals surface area contributed by atoms with Crippen LogP contribution in [0, 0.1) is 0 Å². The maximum atomic E-state index is 12.7. The maximum Gasteiger partial charge on any atom is 0.323 e. The summed E-state index contributed by atoms with van der Waals surface area (Å²) < 4.78 is 1.61. The Morgan fingerprint density at radius 1 is 1.43 bits per heavy atom. The average Bonchev–Trinajstić information content (AvgIpc) is 2.88. The van der Waals surface area contributed by atoms with Crippen LogP contribution in [0.5, 0.6) is 0 Å². The second kappa shape index (κ2) is 5.87. The number of carboxylic acids is 1. The maximum absolute atomic E-state index is 12.7. The van der Waals surface area contributed by atoms with Crippen molar-refractivity contribution in [2.75, 3.05) is 11.4 Å². The minimum Gasteiger partial charge on any atom is -0.480 e. The molecule has 1 fully saturated rings. The lowest BCUT2D eigenvalue weighted by Crippen LogP contribution is -2.44. The average molecular weight is 293 g/mol. The van der Waals surface area contributed by atoms with Gasteiger partial charge in [-0.15, -0.1) is 0 Å². The molecule has 1 N–H and O–H groups in total. The van der Waals surface area contributed by atoms with Crippen LogP contribution in [0.25, 0.3) is 0 Å². The first-order chi connectivity index (χ1) is 9.80. The van der Waals surface area contributed by atoms with Gasteiger partial charge in [-0.25, -0.2) is 4.98 Å². The zero-order chi connectivity index (χ0) is 15.6. The number of rotatable bonds is 4. The third-order valence-electron chi connectivity index (χ3n) is 3.89. The second-order valence-corrected chi connectivity index (χ2v) is 6.56. The number of anilines is 1. The molecule has 0 unspecified atom stereocenters. The van der Waals surface area contributed by atoms with E-state index in [2.05, 4.69) is 4.98 Å². The minimum absolute atomic E-state index is 0.0946. The van der Waals surface area contributed by atoms with Gasteiger partial charge in [-0.3, -0.25) is 9.59 Å². The lowest BCUT2D eigenvalue weighted by molar-refractivity contribution is -0.135. The third-order valence-corrected chi connectivity index (χ3v) is 3.89. The van der Waals surface area contributed by atoms with Crippen LogP contribution < -0.4 is 10.5 Å². The molecule has 0 aromatic carbocycles. The number of aromatic nitrogens is 2. The van der Waals surface area contributed by atoms with Crippen LogP contribution in [0.4, 0.5) is 5.82 Å². The van der Waals surface area contributed by atoms with Crippen molar-refractivity contribution in [3.8, 4) is 0 Å². The van der Waals surface area contributed by atoms with Crippen molar-refractivity contribution < 1.29 is 9.90 Å². The van der Waals surface area contributed by atoms with E-state index >= 15 is 0 Å². The fourth-order valence-corrected chi connectivity index (χ4v) is 2.87. The molecule has 1 aliphatic rings. The molecular weight excluding hydrogens is 270 g/mol. The first-order valence-electron chi connectivity index (χ1n) is 7.37. The van der Waals surface area contributed by atoms with Crippen LogP contribution in [-0.2, 0) is 10.3 Å². The van der Waals surface area contributed by atoms with Gasteiger partial charge in [0.1, 0.15) is 6.54 Å². The van der Waals surface area contributed by atoms with Gasteiger partial charge in [0.2, 0.25) is 0 Å². The Morgan fingerprint density at radius 3 is 2.57 bits per heavy atom. The first kappa shape index (κ1) is 15.5. The molecule has 6 heteroatoms. The van der Waals surface area contributed by atoms with E-state index in [4.69, 9.17) is 5.11 Å². The lowest BCUT2D eigenvalue weighted by atomic mass is 10.1. The molecular formula is C15H23N3O3. The van der Waals surface area contributed by atoms with Gasteiger partial charge in [-0.05, 0) is 33.6 Å². The van der Waals surface area contributed by atoms with Crippen molar-refractivity contribution in [1.29, 1.82) is 0 Å². The number of hydrogen-bond donors (Lipinski definition) is 1. The van der Waals surface area contributed by atoms with Crippen LogP contribution >= 0.6 is 0 Å². The zero-order valence-electron chi connectivity index (χ0n) is 12.9. The molecule has 1 heterocycles. The van der Waals surface area contributed by atoms with Gasteiger partial charge in [0.25, 0.3) is 5.56 Å². The van der Waals surface area contributed by atoms with Gasteiger partial charge >= 0.3 is 5.97 Å². The Bertz CT molecular complexity index is 568. The van der Waals surface area contributed by atoms with Gasteiger partial charge < -0.3 is 14.6 Å². The highest BCUT2D eigenvalue weighted by Gasteiger charge is 2.28. The predicted molar refractivity (Wildman–Crippen MR) is 80.7 cm³/mol. The van der Waals surface area contributed by atoms with Crippen LogP contribution in [0.2, 0.25) is 0 Å². The molecule has 21 heavy (non-hydrogen) atoms. The summed E-state index contributed by atoms with van der Waals surface area (Å²) in [5, 5.41) is 9.15. The highest BCUT2D eigenvalue weighted by atomic mass is 16.4. The zero-order valence-corrected chi connectivity index (χ0v) is 12.9. The summed E-state index contributed by atoms with van der Waals surface area (Å²) in [5.74, 6) is -0.684. The van der Waals surface area contributed by atoms with Crippen molar-refractivity contribution in [3.63, 3.8) is 0 Å². The van der Waals surface area contributed by atoms with Crippen LogP contribution in [0.15, 0.2) is 17.2 Å². The van der Waals surface area contributed by atoms with E-state index in [-0.39, 0.29) is 29.5 Å². The number of nitrogens with zero attached hydrogens (tertiary/aromatic N) is 3. The summed E-state index contributed by atoms with van der Waals surface area (Å²) in [6.07, 6.45) is 7.20. The summed E-state index contributed by atoms with van der Waals surface area (Å²) in [5.41, 5.74) is -0.586. The molecule has 0 saturated heterocycles. The standard InChI is InChI=1S/C15H23N3O3/c1-15(2,3)18-9-8-16-13(14(18)21)17(10-12(19)20)11-6-4-5-7-11/h8-9,11H,4-7,10H2,1-3H3,(H,19,20). The Labute approximate surface area is 124 Å². The van der Waals surface area contributed by atoms with Crippen molar-refractivity contribution in [2.45, 2.75) is 58.0 Å². The normalized spacial score (nSPS) is 16.1. The summed E-state index contributed by atoms with van der Waals surface area (Å²) in [6, 6.07) is 0.0946. The van der Waals surface area contributed by atoms with Gasteiger partial charge in [0.15, 0.2) is 5.82 Å². The molecule has 0 atom stereocenters. The van der Waals surface area contributed by atoms with Gasteiger partial charge in [-0.2, -0.15) is 0 Å². The quantitative estimate of drug-likeness (QED) is 0.916. The molecule has 1 aliphatic carbocycles. The van der Waals surface area contributed by atoms with E-state index < -0.39 is 5.97 Å². The molecule has 0 radical (unpaired) electrons. The molecule has 2 rings (SSSR count). The molecule has 0 aliphatic heterocycles. The van der Waals surface area contributed by atoms with E-state index in [1.807, 2.05) is 20.8 Å². The highest BCUT2D eigenvalue weighted by Crippen LogP contribution is 2.25. The van der Waals surface area contributed by atoms with Crippen molar-refractivity contribution in [2.24, 2.45) is 0 Å². The Hall–Kier alpha value is -1.85. The van der Waals surface area contributed by atoms with Crippen LogP contribution in [-0.4, -0.2) is 33.2 Å². The monoisotopic (exact) mass is 293 g/mol. The Balaban J connectivity index is 2.45. The number of carboxylic acid groups (broad SMARTS) is 1. The van der Waals surface area contributed by atoms with E-state index in [1.165, 1.54) is 0 Å². The van der Waals surface area contributed by atoms with Crippen molar-refractivity contribution >= 4 is 11.8 Å². The highest BCUT2D eigenvalue weighted by molar-refractivity contribution is 5.73. The van der Waals surface area contributed by atoms with E-state index in [0.717, 1.165) is 25.7 Å². The van der Waals surface area contributed by atoms with Gasteiger partial charge in [0.05, 0.1) is 0 Å². The first-order valence-corrected chi connectivity index (χ1v) is 7.37. The minimum atomic E-state index is -0.936. The molecule has 0 bridgehead atoms. The smallest absolute Gasteiger partial charge is 0.323 e. The molecule has 0 spiro atoms. The number of hydrogen-bond acceptors (Lipinski definition) is 4.